The van der Waals surface area contributed by atoms with Crippen molar-refractivity contribution >= 4 is 27.3 Å². The van der Waals surface area contributed by atoms with Crippen molar-refractivity contribution in [2.45, 2.75) is 26.3 Å². The van der Waals surface area contributed by atoms with E-state index in [0.717, 1.165) is 5.56 Å². The van der Waals surface area contributed by atoms with Gasteiger partial charge in [-0.2, -0.15) is 0 Å². The minimum atomic E-state index is -3.36. The molecule has 1 heterocycles. The van der Waals surface area contributed by atoms with E-state index in [1.165, 1.54) is 11.4 Å². The second-order valence-corrected chi connectivity index (χ2v) is 8.75. The molecule has 0 bridgehead atoms. The molecule has 0 spiro atoms. The summed E-state index contributed by atoms with van der Waals surface area (Å²) >= 11 is 0. The van der Waals surface area contributed by atoms with Crippen molar-refractivity contribution in [2.24, 2.45) is 0 Å². The number of benzene rings is 2. The Bertz CT molecular complexity index is 1000. The van der Waals surface area contributed by atoms with Crippen molar-refractivity contribution in [1.29, 1.82) is 0 Å². The van der Waals surface area contributed by atoms with Crippen molar-refractivity contribution in [2.75, 3.05) is 29.6 Å². The smallest absolute Gasteiger partial charge is 0.255 e. The fraction of sp³-hybridized carbons (Fsp3) is 0.350. The van der Waals surface area contributed by atoms with Gasteiger partial charge in [0.25, 0.3) is 5.91 Å². The summed E-state index contributed by atoms with van der Waals surface area (Å²) in [6.07, 6.45) is 0.568. The fourth-order valence-corrected chi connectivity index (χ4v) is 4.79. The first-order chi connectivity index (χ1) is 13.3. The molecule has 0 unspecified atom stereocenters. The summed E-state index contributed by atoms with van der Waals surface area (Å²) in [6, 6.07) is 10.1. The Labute approximate surface area is 165 Å². The van der Waals surface area contributed by atoms with Crippen LogP contribution in [0.2, 0.25) is 0 Å². The highest BCUT2D eigenvalue weighted by atomic mass is 32.2. The van der Waals surface area contributed by atoms with Gasteiger partial charge in [-0.3, -0.25) is 9.10 Å². The molecule has 0 saturated carbocycles. The van der Waals surface area contributed by atoms with Gasteiger partial charge in [0.1, 0.15) is 11.5 Å². The number of hydrogen-bond acceptors (Lipinski definition) is 5. The van der Waals surface area contributed by atoms with E-state index in [1.807, 2.05) is 6.92 Å². The van der Waals surface area contributed by atoms with E-state index in [1.54, 1.807) is 50.4 Å². The van der Waals surface area contributed by atoms with E-state index in [4.69, 9.17) is 9.47 Å². The van der Waals surface area contributed by atoms with E-state index in [0.29, 0.717) is 34.9 Å². The van der Waals surface area contributed by atoms with Gasteiger partial charge in [0, 0.05) is 17.7 Å². The van der Waals surface area contributed by atoms with Crippen LogP contribution in [0.5, 0.6) is 11.5 Å². The van der Waals surface area contributed by atoms with Gasteiger partial charge in [-0.25, -0.2) is 8.42 Å². The van der Waals surface area contributed by atoms with E-state index in [2.05, 4.69) is 5.32 Å². The number of carbonyl (C=O) groups is 1. The van der Waals surface area contributed by atoms with Crippen LogP contribution in [0.15, 0.2) is 36.4 Å². The number of fused-ring (bicyclic) bond motifs is 1. The summed E-state index contributed by atoms with van der Waals surface area (Å²) in [5.41, 5.74) is 2.43. The van der Waals surface area contributed by atoms with Crippen LogP contribution in [0.25, 0.3) is 0 Å². The number of rotatable bonds is 6. The largest absolute Gasteiger partial charge is 0.497 e. The van der Waals surface area contributed by atoms with Crippen LogP contribution in [-0.2, 0) is 16.4 Å². The zero-order valence-corrected chi connectivity index (χ0v) is 17.2. The number of nitrogens with one attached hydrogen (secondary N) is 1. The third-order valence-electron chi connectivity index (χ3n) is 4.81. The SMILES string of the molecule is CCS(=O)(=O)N1c2ccc(C(=O)Nc3cc(OC)ccc3OC)cc2C[C@H]1C. The standard InChI is InChI=1S/C20H24N2O5S/c1-5-28(24,25)22-13(2)10-15-11-14(6-8-18(15)22)20(23)21-17-12-16(26-3)7-9-19(17)27-4/h6-9,11-13H,5,10H2,1-4H3,(H,21,23)/t13-/m1/s1. The molecule has 0 radical (unpaired) electrons. The highest BCUT2D eigenvalue weighted by Crippen LogP contribution is 2.36. The van der Waals surface area contributed by atoms with Gasteiger partial charge in [0.05, 0.1) is 31.3 Å². The second-order valence-electron chi connectivity index (χ2n) is 6.61. The zero-order chi connectivity index (χ0) is 20.5. The number of carbonyl (C=O) groups excluding carboxylic acids is 1. The molecule has 28 heavy (non-hydrogen) atoms. The third-order valence-corrected chi connectivity index (χ3v) is 6.70. The quantitative estimate of drug-likeness (QED) is 0.800. The molecule has 1 N–H and O–H groups in total. The van der Waals surface area contributed by atoms with Crippen molar-refractivity contribution in [3.8, 4) is 11.5 Å². The molecule has 0 aromatic heterocycles. The summed E-state index contributed by atoms with van der Waals surface area (Å²) in [7, 11) is -0.285. The Kier molecular flexibility index (Phi) is 5.51. The summed E-state index contributed by atoms with van der Waals surface area (Å²) in [5.74, 6) is 0.844. The number of anilines is 2. The van der Waals surface area contributed by atoms with Crippen LogP contribution in [0, 0.1) is 0 Å². The summed E-state index contributed by atoms with van der Waals surface area (Å²) < 4.78 is 36.7. The lowest BCUT2D eigenvalue weighted by Crippen LogP contribution is -2.36. The fourth-order valence-electron chi connectivity index (χ4n) is 3.41. The highest BCUT2D eigenvalue weighted by molar-refractivity contribution is 7.92. The van der Waals surface area contributed by atoms with E-state index >= 15 is 0 Å². The lowest BCUT2D eigenvalue weighted by atomic mass is 10.1. The molecule has 1 amide bonds. The normalized spacial score (nSPS) is 15.9. The van der Waals surface area contributed by atoms with Gasteiger partial charge in [-0.1, -0.05) is 0 Å². The Balaban J connectivity index is 1.89. The van der Waals surface area contributed by atoms with E-state index in [-0.39, 0.29) is 17.7 Å². The highest BCUT2D eigenvalue weighted by Gasteiger charge is 2.34. The number of sulfonamides is 1. The van der Waals surface area contributed by atoms with Crippen LogP contribution in [0.3, 0.4) is 0 Å². The predicted octanol–water partition coefficient (Wildman–Crippen LogP) is 3.06. The van der Waals surface area contributed by atoms with Crippen LogP contribution in [-0.4, -0.2) is 40.3 Å². The maximum absolute atomic E-state index is 12.8. The Hall–Kier alpha value is -2.74. The average Bonchev–Trinajstić information content (AvgIpc) is 3.03. The van der Waals surface area contributed by atoms with Crippen molar-refractivity contribution in [3.63, 3.8) is 0 Å². The molecule has 1 aliphatic heterocycles. The number of nitrogens with zero attached hydrogens (tertiary/aromatic N) is 1. The summed E-state index contributed by atoms with van der Waals surface area (Å²) in [6.45, 7) is 3.50. The van der Waals surface area contributed by atoms with Gasteiger partial charge in [-0.05, 0) is 56.2 Å². The van der Waals surface area contributed by atoms with Crippen molar-refractivity contribution in [3.05, 3.63) is 47.5 Å². The number of hydrogen-bond donors (Lipinski definition) is 1. The number of amides is 1. The lowest BCUT2D eigenvalue weighted by molar-refractivity contribution is 0.102. The molecule has 3 rings (SSSR count). The molecular weight excluding hydrogens is 380 g/mol. The van der Waals surface area contributed by atoms with Crippen LogP contribution >= 0.6 is 0 Å². The monoisotopic (exact) mass is 404 g/mol. The van der Waals surface area contributed by atoms with Crippen LogP contribution < -0.4 is 19.1 Å². The van der Waals surface area contributed by atoms with E-state index in [9.17, 15) is 13.2 Å². The van der Waals surface area contributed by atoms with Crippen molar-refractivity contribution in [1.82, 2.24) is 0 Å². The molecule has 2 aromatic rings. The number of methoxy groups -OCH3 is 2. The van der Waals surface area contributed by atoms with E-state index < -0.39 is 10.0 Å². The van der Waals surface area contributed by atoms with Crippen LogP contribution in [0.1, 0.15) is 29.8 Å². The molecule has 2 aromatic carbocycles. The minimum absolute atomic E-state index is 0.0364. The molecular formula is C20H24N2O5S. The maximum Gasteiger partial charge on any atom is 0.255 e. The molecule has 0 fully saturated rings. The van der Waals surface area contributed by atoms with Gasteiger partial charge in [0.2, 0.25) is 10.0 Å². The zero-order valence-electron chi connectivity index (χ0n) is 16.4. The number of ether oxygens (including phenoxy) is 2. The Morgan fingerprint density at radius 2 is 1.93 bits per heavy atom. The molecule has 0 aliphatic carbocycles. The van der Waals surface area contributed by atoms with Crippen molar-refractivity contribution < 1.29 is 22.7 Å². The van der Waals surface area contributed by atoms with Gasteiger partial charge in [0.15, 0.2) is 0 Å². The third kappa shape index (κ3) is 3.64. The first-order valence-corrected chi connectivity index (χ1v) is 10.6. The molecule has 7 nitrogen and oxygen atoms in total. The molecule has 0 saturated heterocycles. The summed E-state index contributed by atoms with van der Waals surface area (Å²) in [4.78, 5) is 12.8. The van der Waals surface area contributed by atoms with Gasteiger partial charge >= 0.3 is 0 Å². The Morgan fingerprint density at radius 3 is 2.57 bits per heavy atom. The summed E-state index contributed by atoms with van der Waals surface area (Å²) in [5, 5.41) is 2.83. The first-order valence-electron chi connectivity index (χ1n) is 8.99. The average molecular weight is 404 g/mol. The first kappa shape index (κ1) is 20.0. The lowest BCUT2D eigenvalue weighted by Gasteiger charge is -2.23. The predicted molar refractivity (Wildman–Crippen MR) is 109 cm³/mol. The van der Waals surface area contributed by atoms with Gasteiger partial charge in [-0.15, -0.1) is 0 Å². The minimum Gasteiger partial charge on any atom is -0.497 e. The topological polar surface area (TPSA) is 84.9 Å². The molecule has 150 valence electrons. The van der Waals surface area contributed by atoms with Gasteiger partial charge < -0.3 is 14.8 Å². The molecule has 8 heteroatoms. The molecule has 1 aliphatic rings. The second kappa shape index (κ2) is 7.71. The molecule has 1 atom stereocenters. The maximum atomic E-state index is 12.8. The van der Waals surface area contributed by atoms with Crippen LogP contribution in [0.4, 0.5) is 11.4 Å². The Morgan fingerprint density at radius 1 is 1.18 bits per heavy atom.